The zero-order valence-electron chi connectivity index (χ0n) is 11.9. The minimum absolute atomic E-state index is 0.112. The van der Waals surface area contributed by atoms with Crippen LogP contribution in [0.5, 0.6) is 5.75 Å². The Labute approximate surface area is 136 Å². The molecule has 23 heavy (non-hydrogen) atoms. The van der Waals surface area contributed by atoms with Crippen LogP contribution in [-0.2, 0) is 11.4 Å². The van der Waals surface area contributed by atoms with Crippen molar-refractivity contribution >= 4 is 29.0 Å². The number of halogens is 1. The Bertz CT molecular complexity index is 804. The van der Waals surface area contributed by atoms with Gasteiger partial charge >= 0.3 is 0 Å². The lowest BCUT2D eigenvalue weighted by Gasteiger charge is -2.07. The first-order valence-electron chi connectivity index (χ1n) is 6.83. The van der Waals surface area contributed by atoms with Crippen LogP contribution < -0.4 is 10.1 Å². The number of hydrogen-bond acceptors (Lipinski definition) is 4. The van der Waals surface area contributed by atoms with Crippen molar-refractivity contribution in [3.8, 4) is 5.75 Å². The average molecular weight is 329 g/mol. The summed E-state index contributed by atoms with van der Waals surface area (Å²) in [6, 6.07) is 13.4. The minimum Gasteiger partial charge on any atom is -0.489 e. The molecule has 1 aliphatic heterocycles. The van der Waals surface area contributed by atoms with Gasteiger partial charge in [0.05, 0.1) is 4.91 Å². The van der Waals surface area contributed by atoms with Crippen LogP contribution in [0.25, 0.3) is 6.08 Å². The Morgan fingerprint density at radius 2 is 1.96 bits per heavy atom. The molecule has 0 atom stereocenters. The van der Waals surface area contributed by atoms with Crippen molar-refractivity contribution in [3.63, 3.8) is 0 Å². The van der Waals surface area contributed by atoms with Crippen LogP contribution >= 0.6 is 11.8 Å². The second kappa shape index (κ2) is 6.66. The lowest BCUT2D eigenvalue weighted by molar-refractivity contribution is -0.115. The van der Waals surface area contributed by atoms with E-state index in [1.165, 1.54) is 6.07 Å². The van der Waals surface area contributed by atoms with Gasteiger partial charge in [0.2, 0.25) is 0 Å². The maximum atomic E-state index is 13.6. The van der Waals surface area contributed by atoms with E-state index in [4.69, 9.17) is 4.74 Å². The lowest BCUT2D eigenvalue weighted by atomic mass is 10.2. The summed E-state index contributed by atoms with van der Waals surface area (Å²) in [5.74, 6) is -0.168. The van der Waals surface area contributed by atoms with Gasteiger partial charge in [-0.3, -0.25) is 14.9 Å². The van der Waals surface area contributed by atoms with E-state index in [2.05, 4.69) is 5.32 Å². The summed E-state index contributed by atoms with van der Waals surface area (Å²) < 4.78 is 19.1. The van der Waals surface area contributed by atoms with Crippen LogP contribution in [0.4, 0.5) is 9.18 Å². The molecule has 2 amide bonds. The minimum atomic E-state index is -0.405. The third-order valence-electron chi connectivity index (χ3n) is 3.15. The topological polar surface area (TPSA) is 55.4 Å². The molecular formula is C17H12FNO3S. The summed E-state index contributed by atoms with van der Waals surface area (Å²) in [4.78, 5) is 23.0. The number of nitrogens with one attached hydrogen (secondary N) is 1. The monoisotopic (exact) mass is 329 g/mol. The molecule has 0 saturated carbocycles. The van der Waals surface area contributed by atoms with E-state index in [0.717, 1.165) is 17.3 Å². The van der Waals surface area contributed by atoms with Gasteiger partial charge in [0.25, 0.3) is 11.1 Å². The highest BCUT2D eigenvalue weighted by atomic mass is 32.2. The Balaban J connectivity index is 1.73. The van der Waals surface area contributed by atoms with Gasteiger partial charge in [-0.1, -0.05) is 30.3 Å². The Kier molecular flexibility index (Phi) is 4.43. The summed E-state index contributed by atoms with van der Waals surface area (Å²) in [5.41, 5.74) is 1.19. The Morgan fingerprint density at radius 1 is 1.13 bits per heavy atom. The molecule has 2 aromatic rings. The third kappa shape index (κ3) is 3.78. The number of imide groups is 1. The molecule has 0 aliphatic carbocycles. The highest BCUT2D eigenvalue weighted by Crippen LogP contribution is 2.26. The number of thioether (sulfide) groups is 1. The fraction of sp³-hybridized carbons (Fsp3) is 0.0588. The van der Waals surface area contributed by atoms with Crippen molar-refractivity contribution in [2.45, 2.75) is 6.61 Å². The molecule has 1 N–H and O–H groups in total. The van der Waals surface area contributed by atoms with Crippen LogP contribution in [0.3, 0.4) is 0 Å². The van der Waals surface area contributed by atoms with Crippen molar-refractivity contribution in [1.29, 1.82) is 0 Å². The van der Waals surface area contributed by atoms with Gasteiger partial charge in [0.15, 0.2) is 0 Å². The Hall–Kier alpha value is -2.60. The van der Waals surface area contributed by atoms with E-state index in [1.54, 1.807) is 48.5 Å². The fourth-order valence-electron chi connectivity index (χ4n) is 2.04. The van der Waals surface area contributed by atoms with Crippen molar-refractivity contribution in [1.82, 2.24) is 5.32 Å². The number of ether oxygens (including phenoxy) is 1. The summed E-state index contributed by atoms with van der Waals surface area (Å²) in [6.07, 6.45) is 1.61. The molecule has 2 aromatic carbocycles. The van der Waals surface area contributed by atoms with Crippen LogP contribution in [0.1, 0.15) is 11.1 Å². The number of hydrogen-bond donors (Lipinski definition) is 1. The molecule has 0 unspecified atom stereocenters. The van der Waals surface area contributed by atoms with E-state index < -0.39 is 5.91 Å². The van der Waals surface area contributed by atoms with Crippen molar-refractivity contribution in [3.05, 3.63) is 70.4 Å². The van der Waals surface area contributed by atoms with E-state index in [1.807, 2.05) is 0 Å². The van der Waals surface area contributed by atoms with Gasteiger partial charge in [-0.2, -0.15) is 0 Å². The highest BCUT2D eigenvalue weighted by molar-refractivity contribution is 8.18. The second-order valence-electron chi connectivity index (χ2n) is 4.80. The lowest BCUT2D eigenvalue weighted by Crippen LogP contribution is -2.17. The molecule has 0 aromatic heterocycles. The van der Waals surface area contributed by atoms with Crippen molar-refractivity contribution < 1.29 is 18.7 Å². The van der Waals surface area contributed by atoms with Crippen LogP contribution in [0, 0.1) is 5.82 Å². The molecule has 1 saturated heterocycles. The molecule has 0 radical (unpaired) electrons. The maximum Gasteiger partial charge on any atom is 0.290 e. The molecule has 0 bridgehead atoms. The summed E-state index contributed by atoms with van der Waals surface area (Å²) in [7, 11) is 0. The van der Waals surface area contributed by atoms with E-state index in [0.29, 0.717) is 16.2 Å². The summed E-state index contributed by atoms with van der Waals surface area (Å²) in [6.45, 7) is 0.112. The first-order chi connectivity index (χ1) is 11.1. The summed E-state index contributed by atoms with van der Waals surface area (Å²) >= 11 is 0.858. The second-order valence-corrected chi connectivity index (χ2v) is 5.82. The van der Waals surface area contributed by atoms with Crippen molar-refractivity contribution in [2.75, 3.05) is 0 Å². The van der Waals surface area contributed by atoms with Gasteiger partial charge in [0, 0.05) is 5.56 Å². The smallest absolute Gasteiger partial charge is 0.290 e. The van der Waals surface area contributed by atoms with Crippen molar-refractivity contribution in [2.24, 2.45) is 0 Å². The molecule has 0 spiro atoms. The Morgan fingerprint density at radius 3 is 2.70 bits per heavy atom. The van der Waals surface area contributed by atoms with Gasteiger partial charge in [-0.15, -0.1) is 0 Å². The predicted octanol–water partition coefficient (Wildman–Crippen LogP) is 3.73. The number of amides is 2. The van der Waals surface area contributed by atoms with Crippen LogP contribution in [-0.4, -0.2) is 11.1 Å². The molecule has 6 heteroatoms. The zero-order valence-corrected chi connectivity index (χ0v) is 12.7. The number of benzene rings is 2. The maximum absolute atomic E-state index is 13.6. The van der Waals surface area contributed by atoms with Crippen LogP contribution in [0.2, 0.25) is 0 Å². The van der Waals surface area contributed by atoms with Gasteiger partial charge in [0.1, 0.15) is 18.2 Å². The average Bonchev–Trinajstić information content (AvgIpc) is 2.84. The zero-order chi connectivity index (χ0) is 16.2. The van der Waals surface area contributed by atoms with E-state index in [9.17, 15) is 14.0 Å². The molecule has 3 rings (SSSR count). The number of carbonyl (C=O) groups is 2. The normalized spacial score (nSPS) is 15.8. The molecule has 116 valence electrons. The van der Waals surface area contributed by atoms with Gasteiger partial charge in [-0.05, 0) is 41.6 Å². The molecule has 1 fully saturated rings. The first-order valence-corrected chi connectivity index (χ1v) is 7.64. The number of carbonyl (C=O) groups excluding carboxylic acids is 2. The predicted molar refractivity (Wildman–Crippen MR) is 86.3 cm³/mol. The van der Waals surface area contributed by atoms with Gasteiger partial charge < -0.3 is 4.74 Å². The van der Waals surface area contributed by atoms with Crippen LogP contribution in [0.15, 0.2) is 53.4 Å². The quantitative estimate of drug-likeness (QED) is 0.869. The summed E-state index contributed by atoms with van der Waals surface area (Å²) in [5, 5.41) is 1.82. The third-order valence-corrected chi connectivity index (χ3v) is 3.96. The highest BCUT2D eigenvalue weighted by Gasteiger charge is 2.24. The number of rotatable bonds is 4. The fourth-order valence-corrected chi connectivity index (χ4v) is 2.73. The molecule has 1 heterocycles. The molecular weight excluding hydrogens is 317 g/mol. The largest absolute Gasteiger partial charge is 0.489 e. The van der Waals surface area contributed by atoms with Gasteiger partial charge in [-0.25, -0.2) is 4.39 Å². The SMILES string of the molecule is O=C1NC(=O)C(=Cc2cccc(OCc3ccccc3F)c2)S1. The first kappa shape index (κ1) is 15.3. The standard InChI is InChI=1S/C17H12FNO3S/c18-14-7-2-1-5-12(14)10-22-13-6-3-4-11(8-13)9-15-16(20)19-17(21)23-15/h1-9H,10H2,(H,19,20,21). The van der Waals surface area contributed by atoms with E-state index >= 15 is 0 Å². The molecule has 1 aliphatic rings. The van der Waals surface area contributed by atoms with E-state index in [-0.39, 0.29) is 17.7 Å². The molecule has 4 nitrogen and oxygen atoms in total.